The third kappa shape index (κ3) is 7.41. The molecule has 47 heavy (non-hydrogen) atoms. The molecule has 2 heterocycles. The second kappa shape index (κ2) is 13.3. The van der Waals surface area contributed by atoms with Crippen molar-refractivity contribution in [1.29, 1.82) is 0 Å². The van der Waals surface area contributed by atoms with Crippen molar-refractivity contribution in [2.24, 2.45) is 5.41 Å². The molecule has 2 aromatic carbocycles. The average molecular weight is 692 g/mol. The predicted molar refractivity (Wildman–Crippen MR) is 172 cm³/mol. The van der Waals surface area contributed by atoms with Crippen LogP contribution in [0.3, 0.4) is 0 Å². The summed E-state index contributed by atoms with van der Waals surface area (Å²) in [6.45, 7) is 8.55. The summed E-state index contributed by atoms with van der Waals surface area (Å²) in [6, 6.07) is 17.4. The fraction of sp³-hybridized carbons (Fsp3) is 0.469. The lowest BCUT2D eigenvalue weighted by Gasteiger charge is -2.33. The summed E-state index contributed by atoms with van der Waals surface area (Å²) >= 11 is 6.92. The minimum atomic E-state index is -4.40. The van der Waals surface area contributed by atoms with Gasteiger partial charge in [-0.3, -0.25) is 18.7 Å². The summed E-state index contributed by atoms with van der Waals surface area (Å²) in [5.41, 5.74) is -2.76. The molecule has 1 aliphatic carbocycles. The number of fused-ring (bicyclic) bond motifs is 1. The van der Waals surface area contributed by atoms with Crippen LogP contribution in [-0.2, 0) is 41.4 Å². The highest BCUT2D eigenvalue weighted by Gasteiger charge is 2.84. The third-order valence-electron chi connectivity index (χ3n) is 7.81. The summed E-state index contributed by atoms with van der Waals surface area (Å²) in [5.74, 6) is -0.511. The van der Waals surface area contributed by atoms with Crippen LogP contribution < -0.4 is 20.9 Å². The Morgan fingerprint density at radius 2 is 1.74 bits per heavy atom. The fourth-order valence-corrected chi connectivity index (χ4v) is 7.26. The Kier molecular flexibility index (Phi) is 9.92. The summed E-state index contributed by atoms with van der Waals surface area (Å²) in [5, 5.41) is 14.3. The number of hydrogen-bond acceptors (Lipinski definition) is 10. The number of halogens is 1. The first-order valence-corrected chi connectivity index (χ1v) is 17.0. The molecular formula is C32H39ClN3O10P. The molecule has 0 bridgehead atoms. The van der Waals surface area contributed by atoms with E-state index in [0.29, 0.717) is 0 Å². The molecule has 2 N–H and O–H groups in total. The fourth-order valence-electron chi connectivity index (χ4n) is 5.18. The minimum absolute atomic E-state index is 0.124. The van der Waals surface area contributed by atoms with E-state index in [1.165, 1.54) is 20.0 Å². The first-order chi connectivity index (χ1) is 22.1. The van der Waals surface area contributed by atoms with Gasteiger partial charge in [-0.1, -0.05) is 69.3 Å². The van der Waals surface area contributed by atoms with Crippen molar-refractivity contribution in [3.63, 3.8) is 0 Å². The number of rotatable bonds is 13. The molecule has 3 aromatic rings. The molecule has 1 aromatic heterocycles. The van der Waals surface area contributed by atoms with Gasteiger partial charge < -0.3 is 23.8 Å². The zero-order valence-corrected chi connectivity index (χ0v) is 28.4. The Morgan fingerprint density at radius 3 is 2.34 bits per heavy atom. The van der Waals surface area contributed by atoms with E-state index in [2.05, 4.69) is 5.09 Å². The molecular weight excluding hydrogens is 653 g/mol. The molecule has 1 aliphatic heterocycles. The number of nitrogens with zero attached hydrogens (tertiary/aromatic N) is 2. The van der Waals surface area contributed by atoms with Crippen molar-refractivity contribution in [2.45, 2.75) is 82.9 Å². The standard InChI is InChI=1S/C32H39ClN3O10P/c1-21(27(38)43-19-30(2,3)4)34-47(41,45-23-14-10-7-11-15-23)46-26-25-32(26,40)31(5,33)28(44-25)35-17-16-24(37)36(29(35)39)20-42-18-22-12-8-6-9-13-22/h6-17,21,25-26,28,40H,18-20H2,1-5H3,(H,34,41)/t21-,25+,26?,28+,31-,32-,47?/m0/s1. The van der Waals surface area contributed by atoms with E-state index in [4.69, 9.17) is 34.9 Å². The Hall–Kier alpha value is -3.29. The number of esters is 1. The van der Waals surface area contributed by atoms with E-state index in [9.17, 15) is 24.1 Å². The number of benzene rings is 2. The first-order valence-electron chi connectivity index (χ1n) is 15.0. The maximum atomic E-state index is 14.1. The number of aromatic nitrogens is 2. The first kappa shape index (κ1) is 35.0. The quantitative estimate of drug-likeness (QED) is 0.152. The van der Waals surface area contributed by atoms with Gasteiger partial charge in [-0.05, 0) is 37.0 Å². The van der Waals surface area contributed by atoms with Gasteiger partial charge in [0.2, 0.25) is 0 Å². The molecule has 0 radical (unpaired) electrons. The van der Waals surface area contributed by atoms with E-state index in [1.807, 2.05) is 51.1 Å². The second-order valence-electron chi connectivity index (χ2n) is 13.0. The van der Waals surface area contributed by atoms with Crippen LogP contribution in [0.25, 0.3) is 0 Å². The number of carbonyl (C=O) groups is 1. The monoisotopic (exact) mass is 691 g/mol. The summed E-state index contributed by atoms with van der Waals surface area (Å²) in [4.78, 5) is 37.0. The number of alkyl halides is 1. The molecule has 5 rings (SSSR count). The largest absolute Gasteiger partial charge is 0.464 e. The Labute approximate surface area is 276 Å². The van der Waals surface area contributed by atoms with Crippen LogP contribution in [0.1, 0.15) is 46.4 Å². The lowest BCUT2D eigenvalue weighted by Crippen LogP contribution is -2.49. The molecule has 0 spiro atoms. The molecule has 13 nitrogen and oxygen atoms in total. The normalized spacial score (nSPS) is 27.0. The minimum Gasteiger partial charge on any atom is -0.464 e. The Bertz CT molecular complexity index is 1740. The second-order valence-corrected chi connectivity index (χ2v) is 15.4. The van der Waals surface area contributed by atoms with Crippen LogP contribution in [0.15, 0.2) is 82.5 Å². The average Bonchev–Trinajstić information content (AvgIpc) is 3.50. The predicted octanol–water partition coefficient (Wildman–Crippen LogP) is 3.96. The van der Waals surface area contributed by atoms with Crippen LogP contribution in [0, 0.1) is 5.41 Å². The van der Waals surface area contributed by atoms with Gasteiger partial charge in [0, 0.05) is 12.3 Å². The number of para-hydroxylation sites is 1. The molecule has 2 unspecified atom stereocenters. The van der Waals surface area contributed by atoms with Gasteiger partial charge in [0.25, 0.3) is 5.56 Å². The molecule has 2 fully saturated rings. The molecule has 254 valence electrons. The van der Waals surface area contributed by atoms with Crippen molar-refractivity contribution in [3.8, 4) is 5.75 Å². The number of carbonyl (C=O) groups excluding carboxylic acids is 1. The summed E-state index contributed by atoms with van der Waals surface area (Å²) in [7, 11) is -4.40. The zero-order valence-electron chi connectivity index (χ0n) is 26.7. The third-order valence-corrected chi connectivity index (χ3v) is 9.96. The Morgan fingerprint density at radius 1 is 1.11 bits per heavy atom. The molecule has 1 saturated carbocycles. The number of hydrogen-bond donors (Lipinski definition) is 2. The topological polar surface area (TPSA) is 157 Å². The lowest BCUT2D eigenvalue weighted by atomic mass is 9.99. The number of aliphatic hydroxyl groups is 1. The highest BCUT2D eigenvalue weighted by atomic mass is 35.5. The van der Waals surface area contributed by atoms with Gasteiger partial charge in [0.05, 0.1) is 13.2 Å². The lowest BCUT2D eigenvalue weighted by molar-refractivity contribution is -0.148. The van der Waals surface area contributed by atoms with Gasteiger partial charge in [0.1, 0.15) is 41.2 Å². The van der Waals surface area contributed by atoms with Crippen LogP contribution >= 0.6 is 19.3 Å². The van der Waals surface area contributed by atoms with E-state index in [1.54, 1.807) is 30.3 Å². The highest BCUT2D eigenvalue weighted by molar-refractivity contribution is 7.52. The summed E-state index contributed by atoms with van der Waals surface area (Å²) in [6.07, 6.45) is -2.45. The van der Waals surface area contributed by atoms with Crippen molar-refractivity contribution >= 4 is 25.3 Å². The van der Waals surface area contributed by atoms with E-state index in [-0.39, 0.29) is 31.1 Å². The van der Waals surface area contributed by atoms with E-state index < -0.39 is 59.9 Å². The summed E-state index contributed by atoms with van der Waals surface area (Å²) < 4.78 is 44.7. The smallest absolute Gasteiger partial charge is 0.459 e. The van der Waals surface area contributed by atoms with Crippen LogP contribution in [0.4, 0.5) is 0 Å². The molecule has 15 heteroatoms. The van der Waals surface area contributed by atoms with E-state index in [0.717, 1.165) is 20.8 Å². The van der Waals surface area contributed by atoms with Crippen molar-refractivity contribution in [3.05, 3.63) is 99.3 Å². The van der Waals surface area contributed by atoms with Crippen molar-refractivity contribution in [2.75, 3.05) is 6.61 Å². The molecule has 0 amide bonds. The highest BCUT2D eigenvalue weighted by Crippen LogP contribution is 2.66. The molecule has 2 aliphatic rings. The van der Waals surface area contributed by atoms with Crippen LogP contribution in [0.2, 0.25) is 0 Å². The maximum absolute atomic E-state index is 14.1. The molecule has 7 atom stereocenters. The van der Waals surface area contributed by atoms with Crippen molar-refractivity contribution < 1.29 is 37.7 Å². The van der Waals surface area contributed by atoms with Crippen LogP contribution in [0.5, 0.6) is 5.75 Å². The van der Waals surface area contributed by atoms with Gasteiger partial charge in [-0.2, -0.15) is 5.09 Å². The Balaban J connectivity index is 1.33. The van der Waals surface area contributed by atoms with Crippen LogP contribution in [-0.4, -0.2) is 55.5 Å². The van der Waals surface area contributed by atoms with E-state index >= 15 is 0 Å². The zero-order chi connectivity index (χ0) is 34.2. The number of nitrogens with one attached hydrogen (secondary N) is 1. The van der Waals surface area contributed by atoms with Gasteiger partial charge in [-0.25, -0.2) is 13.9 Å². The maximum Gasteiger partial charge on any atom is 0.459 e. The van der Waals surface area contributed by atoms with Crippen molar-refractivity contribution in [1.82, 2.24) is 14.2 Å². The van der Waals surface area contributed by atoms with Gasteiger partial charge >= 0.3 is 19.4 Å². The number of ether oxygens (including phenoxy) is 3. The van der Waals surface area contributed by atoms with Gasteiger partial charge in [0.15, 0.2) is 6.23 Å². The SMILES string of the molecule is C[C@H](NP(=O)(Oc1ccccc1)OC1[C@H]2O[C@@H](n3ccc(=O)n(COCc4ccccc4)c3=O)[C@](C)(Cl)[C@@]12O)C(=O)OCC(C)(C)C. The van der Waals surface area contributed by atoms with Gasteiger partial charge in [-0.15, -0.1) is 11.6 Å². The molecule has 1 saturated heterocycles.